The number of nitrogens with one attached hydrogen (secondary N) is 1. The monoisotopic (exact) mass is 145 g/mol. The van der Waals surface area contributed by atoms with Crippen molar-refractivity contribution >= 4 is 12.6 Å². The van der Waals surface area contributed by atoms with Gasteiger partial charge in [-0.15, -0.1) is 0 Å². The molecule has 0 aliphatic heterocycles. The zero-order chi connectivity index (χ0) is 7.28. The number of aliphatic hydroxyl groups is 1. The van der Waals surface area contributed by atoms with Gasteiger partial charge in [0, 0.05) is 5.75 Å². The van der Waals surface area contributed by atoms with E-state index < -0.39 is 0 Å². The average Bonchev–Trinajstić information content (AvgIpc) is 1.90. The van der Waals surface area contributed by atoms with Gasteiger partial charge in [-0.2, -0.15) is 12.6 Å². The molecule has 0 aromatic heterocycles. The van der Waals surface area contributed by atoms with Crippen LogP contribution < -0.4 is 5.32 Å². The highest BCUT2D eigenvalue weighted by Crippen LogP contribution is 1.96. The molecule has 0 amide bonds. The van der Waals surface area contributed by atoms with Crippen LogP contribution in [0.1, 0.15) is 0 Å². The van der Waals surface area contributed by atoms with E-state index in [0.717, 1.165) is 0 Å². The van der Waals surface area contributed by atoms with Crippen molar-refractivity contribution in [3.8, 4) is 0 Å². The van der Waals surface area contributed by atoms with Gasteiger partial charge in [-0.1, -0.05) is 12.3 Å². The van der Waals surface area contributed by atoms with E-state index in [1.807, 2.05) is 0 Å². The fourth-order valence-electron chi connectivity index (χ4n) is 0.438. The summed E-state index contributed by atoms with van der Waals surface area (Å²) >= 11 is 3.98. The van der Waals surface area contributed by atoms with Crippen LogP contribution in [0.25, 0.3) is 0 Å². The normalized spacial score (nSPS) is 12.2. The molecule has 2 nitrogen and oxygen atoms in total. The second-order valence-electron chi connectivity index (χ2n) is 1.59. The van der Waals surface area contributed by atoms with Crippen LogP contribution >= 0.6 is 12.6 Å². The number of rotatable bonds is 3. The number of hydrogen-bond donors (Lipinski definition) is 3. The fourth-order valence-corrected chi connectivity index (χ4v) is 0.793. The van der Waals surface area contributed by atoms with E-state index in [4.69, 9.17) is 5.11 Å². The maximum atomic E-state index is 8.95. The second-order valence-corrected chi connectivity index (χ2v) is 1.95. The summed E-state index contributed by atoms with van der Waals surface area (Å²) in [5.74, 6) is 0.665. The highest BCUT2D eigenvalue weighted by molar-refractivity contribution is 7.80. The van der Waals surface area contributed by atoms with Gasteiger partial charge in [-0.05, 0) is 7.05 Å². The van der Waals surface area contributed by atoms with Crippen LogP contribution in [0, 0.1) is 0 Å². The Balaban J connectivity index is 3.95. The lowest BCUT2D eigenvalue weighted by atomic mass is 10.3. The number of likely N-dealkylation sites (N-methyl/N-ethyl adjacent to an activating group) is 1. The van der Waals surface area contributed by atoms with E-state index in [1.165, 1.54) is 0 Å². The predicted molar refractivity (Wildman–Crippen MR) is 42.0 cm³/mol. The third-order valence-electron chi connectivity index (χ3n) is 1.04. The summed E-state index contributed by atoms with van der Waals surface area (Å²) in [5, 5.41) is 11.8. The van der Waals surface area contributed by atoms with E-state index in [9.17, 15) is 0 Å². The summed E-state index contributed by atoms with van der Waals surface area (Å²) in [7, 11) is 1.74. The molecule has 0 saturated carbocycles. The Kier molecular flexibility index (Phi) is 4.32. The SMILES string of the molecule is C=C=C(O)C(CS)NC. The summed E-state index contributed by atoms with van der Waals surface area (Å²) in [6, 6.07) is -0.120. The first-order chi connectivity index (χ1) is 4.26. The lowest BCUT2D eigenvalue weighted by Crippen LogP contribution is -2.28. The Morgan fingerprint density at radius 2 is 2.56 bits per heavy atom. The third kappa shape index (κ3) is 2.61. The van der Waals surface area contributed by atoms with Crippen molar-refractivity contribution in [2.75, 3.05) is 12.8 Å². The molecule has 0 radical (unpaired) electrons. The Labute approximate surface area is 60.7 Å². The topological polar surface area (TPSA) is 32.3 Å². The van der Waals surface area contributed by atoms with Gasteiger partial charge in [0.2, 0.25) is 0 Å². The van der Waals surface area contributed by atoms with Crippen molar-refractivity contribution in [1.82, 2.24) is 5.32 Å². The summed E-state index contributed by atoms with van der Waals surface area (Å²) in [6.07, 6.45) is 0. The van der Waals surface area contributed by atoms with Gasteiger partial charge in [-0.25, -0.2) is 0 Å². The van der Waals surface area contributed by atoms with Crippen LogP contribution in [0.5, 0.6) is 0 Å². The molecule has 1 unspecified atom stereocenters. The average molecular weight is 145 g/mol. The fraction of sp³-hybridized carbons (Fsp3) is 0.500. The minimum absolute atomic E-state index is 0.118. The Hall–Kier alpha value is -0.370. The number of thiol groups is 1. The molecule has 0 heterocycles. The lowest BCUT2D eigenvalue weighted by Gasteiger charge is -2.08. The molecule has 3 heteroatoms. The summed E-state index contributed by atoms with van der Waals surface area (Å²) in [4.78, 5) is 0. The van der Waals surface area contributed by atoms with Gasteiger partial charge < -0.3 is 10.4 Å². The van der Waals surface area contributed by atoms with E-state index in [-0.39, 0.29) is 11.8 Å². The zero-order valence-corrected chi connectivity index (χ0v) is 6.28. The molecular formula is C6H11NOS. The minimum Gasteiger partial charge on any atom is -0.503 e. The highest BCUT2D eigenvalue weighted by atomic mass is 32.1. The number of aliphatic hydroxyl groups excluding tert-OH is 1. The molecule has 2 N–H and O–H groups in total. The van der Waals surface area contributed by atoms with Gasteiger partial charge in [0.25, 0.3) is 0 Å². The summed E-state index contributed by atoms with van der Waals surface area (Å²) < 4.78 is 0. The molecule has 0 aromatic rings. The standard InChI is InChI=1S/C6H11NOS/c1-3-6(8)5(4-9)7-2/h5,7-9H,1,4H2,2H3. The van der Waals surface area contributed by atoms with Gasteiger partial charge in [0.05, 0.1) is 6.04 Å². The maximum Gasteiger partial charge on any atom is 0.152 e. The first-order valence-corrected chi connectivity index (χ1v) is 3.26. The van der Waals surface area contributed by atoms with Gasteiger partial charge in [0.15, 0.2) is 5.76 Å². The molecule has 0 saturated heterocycles. The molecular weight excluding hydrogens is 134 g/mol. The van der Waals surface area contributed by atoms with Crippen LogP contribution in [0.2, 0.25) is 0 Å². The van der Waals surface area contributed by atoms with Crippen molar-refractivity contribution in [3.63, 3.8) is 0 Å². The third-order valence-corrected chi connectivity index (χ3v) is 1.41. The first-order valence-electron chi connectivity index (χ1n) is 2.63. The molecule has 52 valence electrons. The van der Waals surface area contributed by atoms with E-state index >= 15 is 0 Å². The largest absolute Gasteiger partial charge is 0.503 e. The van der Waals surface area contributed by atoms with Gasteiger partial charge in [-0.3, -0.25) is 0 Å². The molecule has 9 heavy (non-hydrogen) atoms. The highest BCUT2D eigenvalue weighted by Gasteiger charge is 2.05. The van der Waals surface area contributed by atoms with Crippen molar-refractivity contribution in [1.29, 1.82) is 0 Å². The molecule has 0 fully saturated rings. The quantitative estimate of drug-likeness (QED) is 0.311. The molecule has 0 aliphatic rings. The molecule has 0 rings (SSSR count). The Morgan fingerprint density at radius 3 is 2.67 bits per heavy atom. The van der Waals surface area contributed by atoms with Crippen molar-refractivity contribution in [2.45, 2.75) is 6.04 Å². The predicted octanol–water partition coefficient (Wildman–Crippen LogP) is 0.731. The summed E-state index contributed by atoms with van der Waals surface area (Å²) in [6.45, 7) is 3.29. The van der Waals surface area contributed by atoms with Crippen LogP contribution in [0.15, 0.2) is 18.1 Å². The molecule has 0 spiro atoms. The molecule has 1 atom stereocenters. The van der Waals surface area contributed by atoms with Crippen LogP contribution in [-0.4, -0.2) is 23.9 Å². The summed E-state index contributed by atoms with van der Waals surface area (Å²) in [5.41, 5.74) is 2.38. The van der Waals surface area contributed by atoms with E-state index in [1.54, 1.807) is 7.05 Å². The van der Waals surface area contributed by atoms with Crippen molar-refractivity contribution < 1.29 is 5.11 Å². The maximum absolute atomic E-state index is 8.95. The molecule has 0 aliphatic carbocycles. The number of hydrogen-bond acceptors (Lipinski definition) is 3. The van der Waals surface area contributed by atoms with Gasteiger partial charge >= 0.3 is 0 Å². The zero-order valence-electron chi connectivity index (χ0n) is 5.39. The van der Waals surface area contributed by atoms with Crippen LogP contribution in [0.3, 0.4) is 0 Å². The van der Waals surface area contributed by atoms with Gasteiger partial charge in [0.1, 0.15) is 0 Å². The van der Waals surface area contributed by atoms with E-state index in [2.05, 4.69) is 30.3 Å². The van der Waals surface area contributed by atoms with Crippen molar-refractivity contribution in [3.05, 3.63) is 18.1 Å². The Morgan fingerprint density at radius 1 is 2.00 bits per heavy atom. The molecule has 0 aromatic carbocycles. The first kappa shape index (κ1) is 8.63. The lowest BCUT2D eigenvalue weighted by molar-refractivity contribution is 0.361. The van der Waals surface area contributed by atoms with E-state index in [0.29, 0.717) is 5.75 Å². The second kappa shape index (κ2) is 4.50. The Bertz CT molecular complexity index is 125. The van der Waals surface area contributed by atoms with Crippen LogP contribution in [-0.2, 0) is 0 Å². The minimum atomic E-state index is -0.120. The van der Waals surface area contributed by atoms with Crippen molar-refractivity contribution in [2.24, 2.45) is 0 Å². The smallest absolute Gasteiger partial charge is 0.152 e. The molecule has 0 bridgehead atoms. The van der Waals surface area contributed by atoms with Crippen LogP contribution in [0.4, 0.5) is 0 Å².